The Bertz CT molecular complexity index is 212. The van der Waals surface area contributed by atoms with E-state index in [0.29, 0.717) is 4.90 Å². The van der Waals surface area contributed by atoms with E-state index in [4.69, 9.17) is 5.73 Å². The molecule has 3 N–H and O–H groups in total. The number of nitrogens with zero attached hydrogens (tertiary/aromatic N) is 1. The van der Waals surface area contributed by atoms with Gasteiger partial charge in [-0.05, 0) is 0 Å². The van der Waals surface area contributed by atoms with E-state index in [-0.39, 0.29) is 6.54 Å². The summed E-state index contributed by atoms with van der Waals surface area (Å²) in [4.78, 5) is 31.8. The van der Waals surface area contributed by atoms with E-state index in [1.807, 2.05) is 5.32 Å². The average Bonchev–Trinajstić information content (AvgIpc) is 2.10. The van der Waals surface area contributed by atoms with Crippen molar-refractivity contribution in [2.75, 3.05) is 6.54 Å². The molecule has 10 heavy (non-hydrogen) atoms. The second kappa shape index (κ2) is 1.98. The number of hydrogen-bond donors (Lipinski definition) is 2. The third kappa shape index (κ3) is 0.903. The van der Waals surface area contributed by atoms with Crippen LogP contribution in [-0.4, -0.2) is 29.4 Å². The van der Waals surface area contributed by atoms with Crippen LogP contribution in [0.4, 0.5) is 9.59 Å². The molecular formula is C4H5N3O3. The Morgan fingerprint density at radius 3 is 2.40 bits per heavy atom. The van der Waals surface area contributed by atoms with E-state index in [0.717, 1.165) is 0 Å². The van der Waals surface area contributed by atoms with Gasteiger partial charge in [0.15, 0.2) is 0 Å². The van der Waals surface area contributed by atoms with Crippen molar-refractivity contribution >= 4 is 18.0 Å². The maximum Gasteiger partial charge on any atom is 0.332 e. The largest absolute Gasteiger partial charge is 0.351 e. The fraction of sp³-hybridized carbons (Fsp3) is 0.250. The number of carbonyl (C=O) groups excluding carboxylic acids is 3. The SMILES string of the molecule is NC(=O)N1CC(=O)NC1=O. The summed E-state index contributed by atoms with van der Waals surface area (Å²) in [7, 11) is 0. The van der Waals surface area contributed by atoms with E-state index >= 15 is 0 Å². The molecule has 0 aromatic rings. The Balaban J connectivity index is 2.72. The molecule has 0 unspecified atom stereocenters. The second-order valence-electron chi connectivity index (χ2n) is 1.78. The van der Waals surface area contributed by atoms with Crippen molar-refractivity contribution in [3.63, 3.8) is 0 Å². The zero-order valence-corrected chi connectivity index (χ0v) is 4.96. The van der Waals surface area contributed by atoms with Crippen molar-refractivity contribution in [3.05, 3.63) is 0 Å². The lowest BCUT2D eigenvalue weighted by molar-refractivity contribution is -0.118. The average molecular weight is 143 g/mol. The monoisotopic (exact) mass is 143 g/mol. The van der Waals surface area contributed by atoms with Gasteiger partial charge in [-0.3, -0.25) is 10.1 Å². The van der Waals surface area contributed by atoms with Gasteiger partial charge in [0.2, 0.25) is 5.91 Å². The van der Waals surface area contributed by atoms with Crippen LogP contribution in [0.15, 0.2) is 0 Å². The first kappa shape index (κ1) is 6.53. The summed E-state index contributed by atoms with van der Waals surface area (Å²) in [5, 5.41) is 1.90. The smallest absolute Gasteiger partial charge is 0.332 e. The molecule has 0 aliphatic carbocycles. The number of primary amides is 1. The van der Waals surface area contributed by atoms with Gasteiger partial charge in [-0.2, -0.15) is 0 Å². The van der Waals surface area contributed by atoms with Gasteiger partial charge >= 0.3 is 12.1 Å². The van der Waals surface area contributed by atoms with Gasteiger partial charge in [-0.25, -0.2) is 14.5 Å². The predicted molar refractivity (Wildman–Crippen MR) is 29.8 cm³/mol. The summed E-state index contributed by atoms with van der Waals surface area (Å²) < 4.78 is 0. The van der Waals surface area contributed by atoms with Gasteiger partial charge < -0.3 is 5.73 Å². The zero-order chi connectivity index (χ0) is 7.72. The van der Waals surface area contributed by atoms with E-state index in [1.54, 1.807) is 0 Å². The first-order valence-electron chi connectivity index (χ1n) is 2.52. The Morgan fingerprint density at radius 1 is 1.60 bits per heavy atom. The number of nitrogens with one attached hydrogen (secondary N) is 1. The summed E-state index contributed by atoms with van der Waals surface area (Å²) in [5.41, 5.74) is 4.72. The maximum atomic E-state index is 10.5. The molecule has 0 spiro atoms. The number of carbonyl (C=O) groups is 3. The number of nitrogens with two attached hydrogens (primary N) is 1. The van der Waals surface area contributed by atoms with Crippen molar-refractivity contribution in [1.29, 1.82) is 0 Å². The molecule has 0 bridgehead atoms. The standard InChI is InChI=1S/C4H5N3O3/c5-3(9)7-1-2(8)6-4(7)10/h1H2,(H2,5,9)(H,6,8,10). The van der Waals surface area contributed by atoms with Gasteiger partial charge in [0, 0.05) is 0 Å². The highest BCUT2D eigenvalue weighted by molar-refractivity contribution is 6.09. The van der Waals surface area contributed by atoms with E-state index in [9.17, 15) is 14.4 Å². The lowest BCUT2D eigenvalue weighted by Crippen LogP contribution is -2.38. The second-order valence-corrected chi connectivity index (χ2v) is 1.78. The summed E-state index contributed by atoms with van der Waals surface area (Å²) in [5.74, 6) is -0.510. The minimum Gasteiger partial charge on any atom is -0.351 e. The first-order valence-corrected chi connectivity index (χ1v) is 2.52. The molecule has 1 aliphatic rings. The molecule has 1 fully saturated rings. The molecule has 1 aliphatic heterocycles. The van der Waals surface area contributed by atoms with Gasteiger partial charge in [-0.15, -0.1) is 0 Å². The van der Waals surface area contributed by atoms with E-state index in [1.165, 1.54) is 0 Å². The topological polar surface area (TPSA) is 92.5 Å². The molecule has 0 radical (unpaired) electrons. The highest BCUT2D eigenvalue weighted by Gasteiger charge is 2.30. The normalized spacial score (nSPS) is 17.4. The van der Waals surface area contributed by atoms with Crippen LogP contribution >= 0.6 is 0 Å². The van der Waals surface area contributed by atoms with Crippen LogP contribution in [0.5, 0.6) is 0 Å². The van der Waals surface area contributed by atoms with Crippen molar-refractivity contribution in [2.45, 2.75) is 0 Å². The van der Waals surface area contributed by atoms with E-state index < -0.39 is 18.0 Å². The van der Waals surface area contributed by atoms with Crippen molar-refractivity contribution in [2.24, 2.45) is 5.73 Å². The van der Waals surface area contributed by atoms with Crippen LogP contribution in [0, 0.1) is 0 Å². The van der Waals surface area contributed by atoms with Crippen LogP contribution < -0.4 is 11.1 Å². The zero-order valence-electron chi connectivity index (χ0n) is 4.96. The Hall–Kier alpha value is -1.59. The molecule has 1 rings (SSSR count). The molecule has 1 heterocycles. The van der Waals surface area contributed by atoms with Gasteiger partial charge in [-0.1, -0.05) is 0 Å². The van der Waals surface area contributed by atoms with Crippen LogP contribution in [0.3, 0.4) is 0 Å². The molecule has 1 saturated heterocycles. The van der Waals surface area contributed by atoms with Gasteiger partial charge in [0.05, 0.1) is 0 Å². The third-order valence-electron chi connectivity index (χ3n) is 1.06. The third-order valence-corrected chi connectivity index (χ3v) is 1.06. The summed E-state index contributed by atoms with van der Waals surface area (Å²) in [6, 6.07) is -1.67. The lowest BCUT2D eigenvalue weighted by atomic mass is 10.6. The van der Waals surface area contributed by atoms with Crippen molar-refractivity contribution < 1.29 is 14.4 Å². The van der Waals surface area contributed by atoms with Crippen LogP contribution in [0.25, 0.3) is 0 Å². The van der Waals surface area contributed by atoms with Crippen molar-refractivity contribution in [3.8, 4) is 0 Å². The molecular weight excluding hydrogens is 138 g/mol. The van der Waals surface area contributed by atoms with Crippen molar-refractivity contribution in [1.82, 2.24) is 10.2 Å². The minimum atomic E-state index is -0.914. The number of imide groups is 2. The molecule has 0 saturated carbocycles. The first-order chi connectivity index (χ1) is 4.61. The molecule has 0 aromatic heterocycles. The Labute approximate surface area is 56.0 Å². The van der Waals surface area contributed by atoms with Gasteiger partial charge in [0.1, 0.15) is 6.54 Å². The number of rotatable bonds is 0. The van der Waals surface area contributed by atoms with E-state index in [2.05, 4.69) is 0 Å². The minimum absolute atomic E-state index is 0.270. The molecule has 0 aromatic carbocycles. The quantitative estimate of drug-likeness (QED) is 0.409. The number of urea groups is 2. The summed E-state index contributed by atoms with van der Waals surface area (Å²) in [6.45, 7) is -0.270. The lowest BCUT2D eigenvalue weighted by Gasteiger charge is -2.04. The maximum absolute atomic E-state index is 10.5. The Morgan fingerprint density at radius 2 is 2.20 bits per heavy atom. The fourth-order valence-electron chi connectivity index (χ4n) is 0.620. The molecule has 54 valence electrons. The van der Waals surface area contributed by atoms with Crippen LogP contribution in [-0.2, 0) is 4.79 Å². The highest BCUT2D eigenvalue weighted by Crippen LogP contribution is 1.95. The predicted octanol–water partition coefficient (Wildman–Crippen LogP) is -1.38. The molecule has 0 atom stereocenters. The fourth-order valence-corrected chi connectivity index (χ4v) is 0.620. The Kier molecular flexibility index (Phi) is 1.29. The summed E-state index contributed by atoms with van der Waals surface area (Å²) >= 11 is 0. The molecule has 5 amide bonds. The number of hydrogen-bond acceptors (Lipinski definition) is 3. The molecule has 6 nitrogen and oxygen atoms in total. The van der Waals surface area contributed by atoms with Crippen LogP contribution in [0.1, 0.15) is 0 Å². The molecule has 6 heteroatoms. The number of amides is 5. The summed E-state index contributed by atoms with van der Waals surface area (Å²) in [6.07, 6.45) is 0. The highest BCUT2D eigenvalue weighted by atomic mass is 16.2. The van der Waals surface area contributed by atoms with Gasteiger partial charge in [0.25, 0.3) is 0 Å². The van der Waals surface area contributed by atoms with Crippen LogP contribution in [0.2, 0.25) is 0 Å².